The molecule has 1 heterocycles. The monoisotopic (exact) mass is 425 g/mol. The SMILES string of the molecule is CC1CC(C)CN(S(=O)(=O)c2ccc(C(=O)NCC(F)(F)CN)cc2)C1.Cl. The topological polar surface area (TPSA) is 92.5 Å². The fraction of sp³-hybridized carbons (Fsp3) is 0.588. The van der Waals surface area contributed by atoms with Crippen molar-refractivity contribution >= 4 is 28.3 Å². The van der Waals surface area contributed by atoms with E-state index in [0.29, 0.717) is 13.1 Å². The second-order valence-corrected chi connectivity index (χ2v) is 8.97. The van der Waals surface area contributed by atoms with Gasteiger partial charge in [-0.2, -0.15) is 4.31 Å². The number of halogens is 3. The maximum atomic E-state index is 13.1. The van der Waals surface area contributed by atoms with Gasteiger partial charge in [0.1, 0.15) is 0 Å². The van der Waals surface area contributed by atoms with E-state index in [0.717, 1.165) is 6.42 Å². The number of carbonyl (C=O) groups is 1. The predicted molar refractivity (Wildman–Crippen MR) is 102 cm³/mol. The molecule has 0 saturated carbocycles. The first-order valence-corrected chi connectivity index (χ1v) is 9.95. The van der Waals surface area contributed by atoms with Crippen LogP contribution in [0.15, 0.2) is 29.2 Å². The molecule has 2 unspecified atom stereocenters. The van der Waals surface area contributed by atoms with Gasteiger partial charge in [-0.05, 0) is 42.5 Å². The highest BCUT2D eigenvalue weighted by molar-refractivity contribution is 7.89. The van der Waals surface area contributed by atoms with E-state index in [1.807, 2.05) is 13.8 Å². The van der Waals surface area contributed by atoms with Gasteiger partial charge in [-0.25, -0.2) is 17.2 Å². The Morgan fingerprint density at radius 3 is 2.22 bits per heavy atom. The third-order valence-electron chi connectivity index (χ3n) is 4.40. The fourth-order valence-corrected chi connectivity index (χ4v) is 4.79. The van der Waals surface area contributed by atoms with Crippen molar-refractivity contribution < 1.29 is 22.0 Å². The lowest BCUT2D eigenvalue weighted by molar-refractivity contribution is 0.0118. The van der Waals surface area contributed by atoms with E-state index in [9.17, 15) is 22.0 Å². The summed E-state index contributed by atoms with van der Waals surface area (Å²) in [5.74, 6) is -3.33. The lowest BCUT2D eigenvalue weighted by Crippen LogP contribution is -2.42. The van der Waals surface area contributed by atoms with Crippen LogP contribution in [0.2, 0.25) is 0 Å². The zero-order chi connectivity index (χ0) is 19.5. The number of nitrogens with one attached hydrogen (secondary N) is 1. The smallest absolute Gasteiger partial charge is 0.277 e. The average Bonchev–Trinajstić information content (AvgIpc) is 2.59. The Hall–Kier alpha value is -1.29. The van der Waals surface area contributed by atoms with Crippen LogP contribution >= 0.6 is 12.4 Å². The minimum atomic E-state index is -3.64. The van der Waals surface area contributed by atoms with E-state index in [1.54, 1.807) is 0 Å². The molecular formula is C17H26ClF2N3O3S. The van der Waals surface area contributed by atoms with Crippen LogP contribution in [0, 0.1) is 11.8 Å². The zero-order valence-corrected chi connectivity index (χ0v) is 17.0. The van der Waals surface area contributed by atoms with Gasteiger partial charge >= 0.3 is 0 Å². The van der Waals surface area contributed by atoms with Crippen LogP contribution in [0.1, 0.15) is 30.6 Å². The van der Waals surface area contributed by atoms with Gasteiger partial charge in [0, 0.05) is 18.7 Å². The molecule has 10 heteroatoms. The number of piperidine rings is 1. The van der Waals surface area contributed by atoms with Gasteiger partial charge in [-0.15, -0.1) is 12.4 Å². The Bertz CT molecular complexity index is 734. The minimum absolute atomic E-state index is 0. The molecule has 154 valence electrons. The fourth-order valence-electron chi connectivity index (χ4n) is 3.11. The minimum Gasteiger partial charge on any atom is -0.346 e. The molecule has 0 spiro atoms. The number of alkyl halides is 2. The van der Waals surface area contributed by atoms with Gasteiger partial charge in [-0.1, -0.05) is 13.8 Å². The summed E-state index contributed by atoms with van der Waals surface area (Å²) in [6.07, 6.45) is 0.985. The van der Waals surface area contributed by atoms with E-state index in [1.165, 1.54) is 28.6 Å². The second kappa shape index (κ2) is 9.27. The maximum Gasteiger partial charge on any atom is 0.277 e. The standard InChI is InChI=1S/C17H25F2N3O3S.ClH/c1-12-7-13(2)9-22(8-12)26(24,25)15-5-3-14(4-6-15)16(23)21-11-17(18,19)10-20;/h3-6,12-13H,7-11,20H2,1-2H3,(H,21,23);1H. The van der Waals surface area contributed by atoms with E-state index in [4.69, 9.17) is 5.73 Å². The van der Waals surface area contributed by atoms with Gasteiger partial charge < -0.3 is 11.1 Å². The first kappa shape index (κ1) is 23.7. The molecule has 27 heavy (non-hydrogen) atoms. The molecule has 1 aromatic carbocycles. The predicted octanol–water partition coefficient (Wildman–Crippen LogP) is 2.10. The number of carbonyl (C=O) groups excluding carboxylic acids is 1. The summed E-state index contributed by atoms with van der Waals surface area (Å²) in [5, 5.41) is 2.09. The Balaban J connectivity index is 0.00000364. The quantitative estimate of drug-likeness (QED) is 0.730. The van der Waals surface area contributed by atoms with E-state index in [2.05, 4.69) is 5.32 Å². The summed E-state index contributed by atoms with van der Waals surface area (Å²) in [6.45, 7) is 3.22. The molecule has 1 saturated heterocycles. The van der Waals surface area contributed by atoms with Crippen LogP contribution in [-0.2, 0) is 10.0 Å². The normalized spacial score (nSPS) is 21.4. The van der Waals surface area contributed by atoms with Gasteiger partial charge in [0.15, 0.2) is 0 Å². The number of nitrogens with two attached hydrogens (primary N) is 1. The zero-order valence-electron chi connectivity index (χ0n) is 15.3. The van der Waals surface area contributed by atoms with Crippen molar-refractivity contribution in [3.05, 3.63) is 29.8 Å². The molecule has 0 radical (unpaired) electrons. The molecule has 1 aliphatic heterocycles. The van der Waals surface area contributed by atoms with E-state index >= 15 is 0 Å². The molecule has 1 aliphatic rings. The number of nitrogens with zero attached hydrogens (tertiary/aromatic N) is 1. The molecule has 2 rings (SSSR count). The molecule has 1 fully saturated rings. The number of hydrogen-bond donors (Lipinski definition) is 2. The lowest BCUT2D eigenvalue weighted by atomic mass is 9.94. The first-order chi connectivity index (χ1) is 12.0. The highest BCUT2D eigenvalue weighted by Gasteiger charge is 2.32. The molecule has 0 aliphatic carbocycles. The summed E-state index contributed by atoms with van der Waals surface area (Å²) < 4.78 is 53.2. The van der Waals surface area contributed by atoms with Gasteiger partial charge in [0.05, 0.1) is 18.0 Å². The number of benzene rings is 1. The van der Waals surface area contributed by atoms with Crippen molar-refractivity contribution in [2.24, 2.45) is 17.6 Å². The summed E-state index contributed by atoms with van der Waals surface area (Å²) in [4.78, 5) is 12.0. The summed E-state index contributed by atoms with van der Waals surface area (Å²) >= 11 is 0. The third-order valence-corrected chi connectivity index (χ3v) is 6.24. The van der Waals surface area contributed by atoms with Gasteiger partial charge in [-0.3, -0.25) is 4.79 Å². The molecule has 0 bridgehead atoms. The van der Waals surface area contributed by atoms with Crippen LogP contribution in [-0.4, -0.2) is 50.7 Å². The molecule has 0 aromatic heterocycles. The Labute approximate surface area is 164 Å². The number of sulfonamides is 1. The highest BCUT2D eigenvalue weighted by Crippen LogP contribution is 2.26. The summed E-state index contributed by atoms with van der Waals surface area (Å²) in [5.41, 5.74) is 5.03. The van der Waals surface area contributed by atoms with Crippen LogP contribution in [0.4, 0.5) is 8.78 Å². The molecule has 1 amide bonds. The van der Waals surface area contributed by atoms with Crippen molar-refractivity contribution in [2.75, 3.05) is 26.2 Å². The van der Waals surface area contributed by atoms with Crippen molar-refractivity contribution in [3.8, 4) is 0 Å². The number of rotatable bonds is 6. The largest absolute Gasteiger partial charge is 0.346 e. The van der Waals surface area contributed by atoms with Crippen molar-refractivity contribution in [2.45, 2.75) is 31.1 Å². The van der Waals surface area contributed by atoms with Crippen LogP contribution in [0.3, 0.4) is 0 Å². The third kappa shape index (κ3) is 6.10. The van der Waals surface area contributed by atoms with Crippen LogP contribution in [0.25, 0.3) is 0 Å². The first-order valence-electron chi connectivity index (χ1n) is 8.51. The molecule has 6 nitrogen and oxygen atoms in total. The number of hydrogen-bond acceptors (Lipinski definition) is 4. The van der Waals surface area contributed by atoms with Gasteiger partial charge in [0.2, 0.25) is 10.0 Å². The number of amides is 1. The molecular weight excluding hydrogens is 400 g/mol. The molecule has 2 atom stereocenters. The van der Waals surface area contributed by atoms with Crippen molar-refractivity contribution in [3.63, 3.8) is 0 Å². The molecule has 3 N–H and O–H groups in total. The average molecular weight is 426 g/mol. The van der Waals surface area contributed by atoms with E-state index in [-0.39, 0.29) is 34.7 Å². The Morgan fingerprint density at radius 2 is 1.74 bits per heavy atom. The second-order valence-electron chi connectivity index (χ2n) is 7.04. The van der Waals surface area contributed by atoms with E-state index < -0.39 is 34.9 Å². The van der Waals surface area contributed by atoms with Crippen molar-refractivity contribution in [1.82, 2.24) is 9.62 Å². The van der Waals surface area contributed by atoms with Crippen LogP contribution in [0.5, 0.6) is 0 Å². The van der Waals surface area contributed by atoms with Gasteiger partial charge in [0.25, 0.3) is 11.8 Å². The Morgan fingerprint density at radius 1 is 1.22 bits per heavy atom. The lowest BCUT2D eigenvalue weighted by Gasteiger charge is -2.34. The van der Waals surface area contributed by atoms with Crippen LogP contribution < -0.4 is 11.1 Å². The summed E-state index contributed by atoms with van der Waals surface area (Å²) in [7, 11) is -3.64. The molecule has 1 aromatic rings. The highest BCUT2D eigenvalue weighted by atomic mass is 35.5. The maximum absolute atomic E-state index is 13.1. The summed E-state index contributed by atoms with van der Waals surface area (Å²) in [6, 6.07) is 5.30. The van der Waals surface area contributed by atoms with Crippen molar-refractivity contribution in [1.29, 1.82) is 0 Å². The Kier molecular flexibility index (Phi) is 8.15.